The minimum Gasteiger partial charge on any atom is -0.444 e. The lowest BCUT2D eigenvalue weighted by atomic mass is 9.90. The van der Waals surface area contributed by atoms with Crippen molar-refractivity contribution in [2.45, 2.75) is 182 Å². The molecular formula is C63H100BrN9O7. The highest BCUT2D eigenvalue weighted by Gasteiger charge is 2.36. The van der Waals surface area contributed by atoms with Crippen LogP contribution in [0.2, 0.25) is 0 Å². The maximum atomic E-state index is 12.8. The summed E-state index contributed by atoms with van der Waals surface area (Å²) in [6.07, 6.45) is 8.72. The third kappa shape index (κ3) is 19.7. The van der Waals surface area contributed by atoms with Gasteiger partial charge in [0.15, 0.2) is 0 Å². The standard InChI is InChI=1S/C22H33N3O3.C17H24BrNO2.C17H25N3O.C5H10N2O.2CH4/c1-15-6-11-19(25(14-15)21(27)28-22(2,3)4)16-7-9-17(10-8-16)23-18-12-13-24(5)20(18)26;1-12-5-10-15(13-6-8-14(18)9-7-13)19(11-12)16(20)21-17(2,3)4;1-12-3-8-15(18-11-12)13-4-6-14(7-5-13)19-16-9-10-20(2)17(16)21;1-7-3-2-4(6)5(7)8;;/h7-10,15,18-19,23H,6,11-14H2,1-5H3;6-9,12,15H,5,10-11H2,1-4H3;4-7,12,15-16,18-19H,3,8-11H2,1-2H3;4H,2-3,6H2,1H3;2*1H4/t15-,18?,19+;12-,15+;12-,15+,16?;;;/m101.../s1. The van der Waals surface area contributed by atoms with Crippen molar-refractivity contribution in [3.8, 4) is 0 Å². The molecule has 0 saturated carbocycles. The number of carbonyl (C=O) groups excluding carboxylic acids is 5. The molecule has 0 spiro atoms. The molecule has 6 saturated heterocycles. The second-order valence-electron chi connectivity index (χ2n) is 24.7. The molecule has 9 rings (SSSR count). The van der Waals surface area contributed by atoms with Crippen LogP contribution in [0.3, 0.4) is 0 Å². The zero-order chi connectivity index (χ0) is 57.1. The SMILES string of the molecule is C.C.CN1CCC(N)C1=O.C[C@@H]1CC[C@@H](c2ccc(NC3CCN(C)C3=O)cc2)N(C(=O)OC(C)(C)C)C1.C[C@@H]1CC[C@@H](c2ccc(NC3CCN(C)C3=O)cc2)NC1.C[C@H]1CC[C@H](c2ccc(Br)cc2)N(C(=O)OC(C)(C)C)C1. The molecule has 6 fully saturated rings. The molecule has 9 atom stereocenters. The van der Waals surface area contributed by atoms with Crippen LogP contribution in [0.25, 0.3) is 0 Å². The van der Waals surface area contributed by atoms with Crippen molar-refractivity contribution in [3.05, 3.63) is 94.0 Å². The molecule has 0 aliphatic carbocycles. The fourth-order valence-electron chi connectivity index (χ4n) is 10.8. The molecule has 6 heterocycles. The van der Waals surface area contributed by atoms with E-state index in [1.54, 1.807) is 21.7 Å². The molecule has 0 bridgehead atoms. The van der Waals surface area contributed by atoms with E-state index >= 15 is 0 Å². The highest BCUT2D eigenvalue weighted by Crippen LogP contribution is 2.37. The molecule has 5 amide bonds. The van der Waals surface area contributed by atoms with Gasteiger partial charge in [-0.05, 0) is 177 Å². The Balaban J connectivity index is 0.000000241. The summed E-state index contributed by atoms with van der Waals surface area (Å²) in [4.78, 5) is 68.9. The molecule has 5 N–H and O–H groups in total. The van der Waals surface area contributed by atoms with Crippen molar-refractivity contribution in [2.75, 3.05) is 71.0 Å². The van der Waals surface area contributed by atoms with Crippen LogP contribution in [-0.4, -0.2) is 144 Å². The summed E-state index contributed by atoms with van der Waals surface area (Å²) < 4.78 is 12.3. The number of hydrogen-bond donors (Lipinski definition) is 4. The summed E-state index contributed by atoms with van der Waals surface area (Å²) in [5, 5.41) is 10.3. The Hall–Kier alpha value is -5.39. The van der Waals surface area contributed by atoms with Crippen molar-refractivity contribution < 1.29 is 33.4 Å². The number of anilines is 2. The fraction of sp³-hybridized carbons (Fsp3) is 0.635. The van der Waals surface area contributed by atoms with Crippen molar-refractivity contribution in [3.63, 3.8) is 0 Å². The van der Waals surface area contributed by atoms with Gasteiger partial charge in [-0.15, -0.1) is 0 Å². The number of likely N-dealkylation sites (tertiary alicyclic amines) is 5. The number of halogens is 1. The summed E-state index contributed by atoms with van der Waals surface area (Å²) in [5.74, 6) is 2.18. The first-order chi connectivity index (χ1) is 36.7. The van der Waals surface area contributed by atoms with Crippen LogP contribution in [0.1, 0.15) is 170 Å². The van der Waals surface area contributed by atoms with E-state index in [0.29, 0.717) is 24.4 Å². The van der Waals surface area contributed by atoms with Gasteiger partial charge in [0.05, 0.1) is 18.1 Å². The maximum Gasteiger partial charge on any atom is 0.410 e. The molecule has 80 heavy (non-hydrogen) atoms. The molecule has 3 aromatic rings. The molecule has 17 heteroatoms. The van der Waals surface area contributed by atoms with Gasteiger partial charge in [0.1, 0.15) is 23.3 Å². The fourth-order valence-corrected chi connectivity index (χ4v) is 11.1. The number of likely N-dealkylation sites (N-methyl/N-ethyl adjacent to an activating group) is 3. The lowest BCUT2D eigenvalue weighted by Crippen LogP contribution is -2.44. The maximum absolute atomic E-state index is 12.8. The Morgan fingerprint density at radius 1 is 0.537 bits per heavy atom. The van der Waals surface area contributed by atoms with Crippen LogP contribution in [0.15, 0.2) is 77.3 Å². The van der Waals surface area contributed by atoms with E-state index in [9.17, 15) is 24.0 Å². The second kappa shape index (κ2) is 30.1. The van der Waals surface area contributed by atoms with Gasteiger partial charge in [0.2, 0.25) is 17.7 Å². The number of carbonyl (C=O) groups is 5. The van der Waals surface area contributed by atoms with Gasteiger partial charge in [-0.1, -0.05) is 88.0 Å². The van der Waals surface area contributed by atoms with Crippen LogP contribution < -0.4 is 21.7 Å². The number of hydrogen-bond acceptors (Lipinski definition) is 11. The average Bonchev–Trinajstić information content (AvgIpc) is 4.00. The molecule has 6 aliphatic rings. The van der Waals surface area contributed by atoms with Gasteiger partial charge in [0.25, 0.3) is 0 Å². The number of benzene rings is 3. The Morgan fingerprint density at radius 2 is 0.912 bits per heavy atom. The van der Waals surface area contributed by atoms with E-state index in [4.69, 9.17) is 15.2 Å². The lowest BCUT2D eigenvalue weighted by molar-refractivity contribution is -0.128. The monoisotopic (exact) mass is 1170 g/mol. The number of rotatable bonds is 7. The van der Waals surface area contributed by atoms with Gasteiger partial charge in [-0.25, -0.2) is 9.59 Å². The number of nitrogens with one attached hydrogen (secondary N) is 3. The topological polar surface area (TPSA) is 182 Å². The van der Waals surface area contributed by atoms with Gasteiger partial charge >= 0.3 is 12.2 Å². The minimum atomic E-state index is -0.503. The largest absolute Gasteiger partial charge is 0.444 e. The molecule has 3 unspecified atom stereocenters. The average molecular weight is 1180 g/mol. The molecular weight excluding hydrogens is 1070 g/mol. The highest BCUT2D eigenvalue weighted by molar-refractivity contribution is 9.10. The van der Waals surface area contributed by atoms with Crippen LogP contribution in [0.4, 0.5) is 21.0 Å². The molecule has 16 nitrogen and oxygen atoms in total. The zero-order valence-electron chi connectivity index (χ0n) is 48.8. The first kappa shape index (κ1) is 67.1. The first-order valence-electron chi connectivity index (χ1n) is 28.5. The summed E-state index contributed by atoms with van der Waals surface area (Å²) in [6.45, 7) is 23.1. The van der Waals surface area contributed by atoms with Gasteiger partial charge in [-0.2, -0.15) is 0 Å². The third-order valence-electron chi connectivity index (χ3n) is 15.4. The number of nitrogens with zero attached hydrogens (tertiary/aromatic N) is 5. The van der Waals surface area contributed by atoms with Crippen LogP contribution >= 0.6 is 15.9 Å². The molecule has 3 aromatic carbocycles. The van der Waals surface area contributed by atoms with Crippen molar-refractivity contribution in [1.82, 2.24) is 29.8 Å². The predicted octanol–water partition coefficient (Wildman–Crippen LogP) is 12.0. The molecule has 6 aliphatic heterocycles. The Bertz CT molecular complexity index is 2430. The summed E-state index contributed by atoms with van der Waals surface area (Å²) >= 11 is 3.46. The second-order valence-corrected chi connectivity index (χ2v) is 25.7. The van der Waals surface area contributed by atoms with Gasteiger partial charge in [0, 0.05) is 75.8 Å². The van der Waals surface area contributed by atoms with E-state index in [2.05, 4.69) is 101 Å². The normalized spacial score (nSPS) is 25.8. The number of piperidine rings is 3. The minimum absolute atomic E-state index is 0. The molecule has 0 radical (unpaired) electrons. The summed E-state index contributed by atoms with van der Waals surface area (Å²) in [6, 6.07) is 25.1. The van der Waals surface area contributed by atoms with Crippen molar-refractivity contribution in [1.29, 1.82) is 0 Å². The van der Waals surface area contributed by atoms with Crippen LogP contribution in [0, 0.1) is 17.8 Å². The van der Waals surface area contributed by atoms with E-state index in [1.165, 1.54) is 24.0 Å². The van der Waals surface area contributed by atoms with E-state index in [1.807, 2.05) is 89.7 Å². The Labute approximate surface area is 489 Å². The summed E-state index contributed by atoms with van der Waals surface area (Å²) in [5.41, 5.74) is 10.0. The smallest absolute Gasteiger partial charge is 0.410 e. The van der Waals surface area contributed by atoms with Crippen molar-refractivity contribution >= 4 is 57.2 Å². The van der Waals surface area contributed by atoms with Crippen LogP contribution in [-0.2, 0) is 23.9 Å². The van der Waals surface area contributed by atoms with Gasteiger partial charge < -0.3 is 55.7 Å². The van der Waals surface area contributed by atoms with Crippen molar-refractivity contribution in [2.24, 2.45) is 23.5 Å². The number of nitrogens with two attached hydrogens (primary N) is 1. The van der Waals surface area contributed by atoms with Gasteiger partial charge in [-0.3, -0.25) is 14.4 Å². The first-order valence-corrected chi connectivity index (χ1v) is 29.3. The number of ether oxygens (including phenoxy) is 2. The van der Waals surface area contributed by atoms with E-state index in [-0.39, 0.29) is 75.0 Å². The quantitative estimate of drug-likeness (QED) is 0.177. The highest BCUT2D eigenvalue weighted by atomic mass is 79.9. The predicted molar refractivity (Wildman–Crippen MR) is 327 cm³/mol. The summed E-state index contributed by atoms with van der Waals surface area (Å²) in [7, 11) is 5.47. The van der Waals surface area contributed by atoms with Crippen LogP contribution in [0.5, 0.6) is 0 Å². The van der Waals surface area contributed by atoms with E-state index < -0.39 is 11.2 Å². The Kier molecular flexibility index (Phi) is 25.2. The molecule has 0 aromatic heterocycles. The lowest BCUT2D eigenvalue weighted by Gasteiger charge is -2.39. The Morgan fingerprint density at radius 3 is 1.24 bits per heavy atom. The molecule has 446 valence electrons. The number of amides is 5. The zero-order valence-corrected chi connectivity index (χ0v) is 50.4. The third-order valence-corrected chi connectivity index (χ3v) is 15.9. The van der Waals surface area contributed by atoms with E-state index in [0.717, 1.165) is 105 Å².